The molecule has 0 fully saturated rings. The van der Waals surface area contributed by atoms with E-state index in [0.29, 0.717) is 37.6 Å². The molecule has 1 unspecified atom stereocenters. The Morgan fingerprint density at radius 3 is 2.60 bits per heavy atom. The lowest BCUT2D eigenvalue weighted by molar-refractivity contribution is -0.120. The number of hydrogen-bond donors (Lipinski definition) is 4. The van der Waals surface area contributed by atoms with E-state index in [2.05, 4.69) is 26.0 Å². The van der Waals surface area contributed by atoms with Crippen molar-refractivity contribution in [2.45, 2.75) is 39.2 Å². The summed E-state index contributed by atoms with van der Waals surface area (Å²) in [6, 6.07) is 0. The first-order chi connectivity index (χ1) is 11.4. The van der Waals surface area contributed by atoms with E-state index in [9.17, 15) is 9.90 Å². The van der Waals surface area contributed by atoms with Gasteiger partial charge in [0.2, 0.25) is 5.91 Å². The number of aryl methyl sites for hydroxylation is 1. The van der Waals surface area contributed by atoms with E-state index in [1.165, 1.54) is 0 Å². The van der Waals surface area contributed by atoms with Gasteiger partial charge in [-0.3, -0.25) is 9.48 Å². The number of nitrogens with one attached hydrogen (secondary N) is 3. The van der Waals surface area contributed by atoms with Crippen LogP contribution in [-0.2, 0) is 17.4 Å². The number of aliphatic imine (C=N–C) groups is 1. The average Bonchev–Trinajstić information content (AvgIpc) is 2.98. The third-order valence-corrected chi connectivity index (χ3v) is 3.43. The van der Waals surface area contributed by atoms with Crippen molar-refractivity contribution < 1.29 is 9.90 Å². The standard InChI is InChI=1S/C16H30N6O2.HI/c1-5-8-18-14(23)7-9-19-15(17-6-2)20-12-16(3,24)13-10-21-22(4)11-13;/h10-11,24H,5-9,12H2,1-4H3,(H,18,23)(H2,17,19,20);1H. The van der Waals surface area contributed by atoms with Crippen LogP contribution in [0.3, 0.4) is 0 Å². The molecule has 1 amide bonds. The molecular weight excluding hydrogens is 435 g/mol. The molecule has 0 spiro atoms. The molecule has 0 aliphatic heterocycles. The molecule has 0 saturated carbocycles. The van der Waals surface area contributed by atoms with Crippen LogP contribution in [0.2, 0.25) is 0 Å². The van der Waals surface area contributed by atoms with Crippen molar-refractivity contribution in [3.05, 3.63) is 18.0 Å². The first kappa shape index (κ1) is 23.6. The second-order valence-electron chi connectivity index (χ2n) is 5.90. The van der Waals surface area contributed by atoms with Gasteiger partial charge in [0, 0.05) is 44.9 Å². The van der Waals surface area contributed by atoms with Gasteiger partial charge in [0.05, 0.1) is 12.7 Å². The molecule has 144 valence electrons. The summed E-state index contributed by atoms with van der Waals surface area (Å²) in [5.41, 5.74) is -0.390. The second-order valence-corrected chi connectivity index (χ2v) is 5.90. The molecule has 1 aromatic heterocycles. The quantitative estimate of drug-likeness (QED) is 0.244. The van der Waals surface area contributed by atoms with Gasteiger partial charge in [0.25, 0.3) is 0 Å². The van der Waals surface area contributed by atoms with Crippen LogP contribution in [0.25, 0.3) is 0 Å². The highest BCUT2D eigenvalue weighted by Crippen LogP contribution is 2.19. The highest BCUT2D eigenvalue weighted by Gasteiger charge is 2.24. The molecule has 1 aromatic rings. The average molecular weight is 466 g/mol. The Labute approximate surface area is 166 Å². The summed E-state index contributed by atoms with van der Waals surface area (Å²) in [6.45, 7) is 7.75. The fourth-order valence-corrected chi connectivity index (χ4v) is 2.01. The van der Waals surface area contributed by atoms with Crippen molar-refractivity contribution in [3.63, 3.8) is 0 Å². The number of amides is 1. The molecule has 1 heterocycles. The zero-order chi connectivity index (χ0) is 18.0. The first-order valence-electron chi connectivity index (χ1n) is 8.39. The van der Waals surface area contributed by atoms with Gasteiger partial charge in [-0.15, -0.1) is 24.0 Å². The lowest BCUT2D eigenvalue weighted by atomic mass is 10.0. The van der Waals surface area contributed by atoms with Crippen LogP contribution in [0.5, 0.6) is 0 Å². The Bertz CT molecular complexity index is 544. The Balaban J connectivity index is 0.00000576. The molecule has 4 N–H and O–H groups in total. The number of carbonyl (C=O) groups is 1. The smallest absolute Gasteiger partial charge is 0.221 e. The number of rotatable bonds is 9. The molecule has 8 nitrogen and oxygen atoms in total. The van der Waals surface area contributed by atoms with Crippen molar-refractivity contribution in [2.24, 2.45) is 12.0 Å². The highest BCUT2D eigenvalue weighted by atomic mass is 127. The zero-order valence-corrected chi connectivity index (χ0v) is 17.8. The maximum atomic E-state index is 11.6. The van der Waals surface area contributed by atoms with E-state index in [1.807, 2.05) is 13.8 Å². The fraction of sp³-hybridized carbons (Fsp3) is 0.688. The molecule has 0 radical (unpaired) electrons. The Morgan fingerprint density at radius 1 is 1.32 bits per heavy atom. The minimum absolute atomic E-state index is 0. The summed E-state index contributed by atoms with van der Waals surface area (Å²) < 4.78 is 1.64. The van der Waals surface area contributed by atoms with Crippen LogP contribution in [0.4, 0.5) is 0 Å². The van der Waals surface area contributed by atoms with Crippen LogP contribution >= 0.6 is 24.0 Å². The van der Waals surface area contributed by atoms with Gasteiger partial charge in [-0.1, -0.05) is 6.92 Å². The molecule has 25 heavy (non-hydrogen) atoms. The van der Waals surface area contributed by atoms with Crippen molar-refractivity contribution in [1.82, 2.24) is 25.7 Å². The van der Waals surface area contributed by atoms with Crippen molar-refractivity contribution in [3.8, 4) is 0 Å². The predicted octanol–water partition coefficient (Wildman–Crippen LogP) is 0.717. The van der Waals surface area contributed by atoms with Crippen LogP contribution < -0.4 is 16.0 Å². The van der Waals surface area contributed by atoms with E-state index in [-0.39, 0.29) is 36.4 Å². The number of aliphatic hydroxyl groups is 1. The fourth-order valence-electron chi connectivity index (χ4n) is 2.01. The SMILES string of the molecule is CCCNC(=O)CCNC(=NCC(C)(O)c1cnn(C)c1)NCC.I. The monoisotopic (exact) mass is 466 g/mol. The Morgan fingerprint density at radius 2 is 2.04 bits per heavy atom. The molecule has 0 saturated heterocycles. The molecule has 9 heteroatoms. The van der Waals surface area contributed by atoms with Crippen LogP contribution in [0.15, 0.2) is 17.4 Å². The van der Waals surface area contributed by atoms with E-state index in [0.717, 1.165) is 6.42 Å². The number of carbonyl (C=O) groups excluding carboxylic acids is 1. The van der Waals surface area contributed by atoms with E-state index >= 15 is 0 Å². The van der Waals surface area contributed by atoms with Gasteiger partial charge in [0.1, 0.15) is 5.60 Å². The summed E-state index contributed by atoms with van der Waals surface area (Å²) in [6.07, 6.45) is 4.71. The third kappa shape index (κ3) is 9.05. The molecule has 0 aromatic carbocycles. The van der Waals surface area contributed by atoms with Crippen LogP contribution in [-0.4, -0.2) is 52.9 Å². The zero-order valence-electron chi connectivity index (χ0n) is 15.5. The Kier molecular flexibility index (Phi) is 11.4. The Hall–Kier alpha value is -1.36. The molecule has 1 atom stereocenters. The lowest BCUT2D eigenvalue weighted by Crippen LogP contribution is -2.40. The van der Waals surface area contributed by atoms with Crippen molar-refractivity contribution in [1.29, 1.82) is 0 Å². The molecule has 0 aliphatic carbocycles. The number of hydrogen-bond acceptors (Lipinski definition) is 4. The maximum absolute atomic E-state index is 11.6. The minimum atomic E-state index is -1.10. The summed E-state index contributed by atoms with van der Waals surface area (Å²) in [4.78, 5) is 16.0. The molecule has 0 aliphatic rings. The molecule has 1 rings (SSSR count). The predicted molar refractivity (Wildman–Crippen MR) is 110 cm³/mol. The highest BCUT2D eigenvalue weighted by molar-refractivity contribution is 14.0. The molecular formula is C16H31IN6O2. The van der Waals surface area contributed by atoms with Crippen LogP contribution in [0, 0.1) is 0 Å². The molecule has 0 bridgehead atoms. The van der Waals surface area contributed by atoms with E-state index < -0.39 is 5.60 Å². The number of guanidine groups is 1. The maximum Gasteiger partial charge on any atom is 0.221 e. The summed E-state index contributed by atoms with van der Waals surface area (Å²) in [5.74, 6) is 0.590. The van der Waals surface area contributed by atoms with Gasteiger partial charge in [-0.05, 0) is 20.3 Å². The topological polar surface area (TPSA) is 104 Å². The van der Waals surface area contributed by atoms with Gasteiger partial charge in [-0.25, -0.2) is 4.99 Å². The second kappa shape index (κ2) is 12.1. The van der Waals surface area contributed by atoms with E-state index in [4.69, 9.17) is 0 Å². The minimum Gasteiger partial charge on any atom is -0.383 e. The largest absolute Gasteiger partial charge is 0.383 e. The van der Waals surface area contributed by atoms with Crippen molar-refractivity contribution >= 4 is 35.8 Å². The summed E-state index contributed by atoms with van der Waals surface area (Å²) in [5, 5.41) is 23.7. The summed E-state index contributed by atoms with van der Waals surface area (Å²) >= 11 is 0. The normalized spacial score (nSPS) is 13.6. The van der Waals surface area contributed by atoms with Gasteiger partial charge in [-0.2, -0.15) is 5.10 Å². The lowest BCUT2D eigenvalue weighted by Gasteiger charge is -2.20. The number of aromatic nitrogens is 2. The van der Waals surface area contributed by atoms with Gasteiger partial charge < -0.3 is 21.1 Å². The number of nitrogens with zero attached hydrogens (tertiary/aromatic N) is 3. The van der Waals surface area contributed by atoms with Crippen LogP contribution in [0.1, 0.15) is 39.2 Å². The first-order valence-corrected chi connectivity index (χ1v) is 8.39. The third-order valence-electron chi connectivity index (χ3n) is 3.43. The van der Waals surface area contributed by atoms with Gasteiger partial charge in [0.15, 0.2) is 5.96 Å². The van der Waals surface area contributed by atoms with E-state index in [1.54, 1.807) is 31.0 Å². The summed E-state index contributed by atoms with van der Waals surface area (Å²) in [7, 11) is 1.80. The van der Waals surface area contributed by atoms with Gasteiger partial charge >= 0.3 is 0 Å². The van der Waals surface area contributed by atoms with Crippen molar-refractivity contribution in [2.75, 3.05) is 26.2 Å². The number of halogens is 1.